The van der Waals surface area contributed by atoms with Crippen molar-refractivity contribution in [3.8, 4) is 0 Å². The van der Waals surface area contributed by atoms with Crippen LogP contribution in [0.25, 0.3) is 0 Å². The van der Waals surface area contributed by atoms with Gasteiger partial charge in [0.1, 0.15) is 5.54 Å². The van der Waals surface area contributed by atoms with Crippen LogP contribution in [0.1, 0.15) is 24.0 Å². The minimum atomic E-state index is -0.900. The molecule has 4 nitrogen and oxygen atoms in total. The Morgan fingerprint density at radius 3 is 2.79 bits per heavy atom. The predicted octanol–water partition coefficient (Wildman–Crippen LogP) is 2.24. The van der Waals surface area contributed by atoms with E-state index < -0.39 is 11.5 Å². The van der Waals surface area contributed by atoms with Crippen molar-refractivity contribution < 1.29 is 9.90 Å². The van der Waals surface area contributed by atoms with Crippen LogP contribution in [0.2, 0.25) is 0 Å². The van der Waals surface area contributed by atoms with Gasteiger partial charge in [0, 0.05) is 18.8 Å². The van der Waals surface area contributed by atoms with Gasteiger partial charge in [0.25, 0.3) is 0 Å². The summed E-state index contributed by atoms with van der Waals surface area (Å²) in [7, 11) is 0. The number of fused-ring (bicyclic) bond motifs is 1. The van der Waals surface area contributed by atoms with Crippen LogP contribution in [0.5, 0.6) is 0 Å². The molecule has 0 fully saturated rings. The molecule has 0 saturated carbocycles. The van der Waals surface area contributed by atoms with Crippen molar-refractivity contribution in [3.63, 3.8) is 0 Å². The molecule has 0 aliphatic heterocycles. The quantitative estimate of drug-likeness (QED) is 0.838. The van der Waals surface area contributed by atoms with Gasteiger partial charge in [-0.2, -0.15) is 0 Å². The van der Waals surface area contributed by atoms with E-state index in [0.717, 1.165) is 18.4 Å². The molecule has 1 unspecified atom stereocenters. The lowest BCUT2D eigenvalue weighted by molar-refractivity contribution is -0.148. The lowest BCUT2D eigenvalue weighted by Crippen LogP contribution is -2.43. The molecule has 0 saturated heterocycles. The summed E-state index contributed by atoms with van der Waals surface area (Å²) in [5, 5.41) is 9.76. The number of carboxylic acids is 1. The van der Waals surface area contributed by atoms with Gasteiger partial charge in [0.05, 0.1) is 6.33 Å². The van der Waals surface area contributed by atoms with Gasteiger partial charge in [0.2, 0.25) is 0 Å². The molecule has 3 rings (SSSR count). The average Bonchev–Trinajstić information content (AvgIpc) is 2.86. The van der Waals surface area contributed by atoms with Crippen molar-refractivity contribution in [1.29, 1.82) is 0 Å². The number of rotatable bonds is 2. The Kier molecular flexibility index (Phi) is 2.85. The molecule has 1 N–H and O–H groups in total. The topological polar surface area (TPSA) is 55.1 Å². The smallest absolute Gasteiger partial charge is 0.330 e. The third-order valence-electron chi connectivity index (χ3n) is 4.03. The van der Waals surface area contributed by atoms with Gasteiger partial charge in [-0.25, -0.2) is 9.78 Å². The lowest BCUT2D eigenvalue weighted by atomic mass is 9.88. The summed E-state index contributed by atoms with van der Waals surface area (Å²) in [6.07, 6.45) is 7.98. The van der Waals surface area contributed by atoms with E-state index in [1.807, 2.05) is 18.2 Å². The van der Waals surface area contributed by atoms with E-state index in [1.165, 1.54) is 5.56 Å². The number of aryl methyl sites for hydroxylation is 1. The third-order valence-corrected chi connectivity index (χ3v) is 4.03. The Labute approximate surface area is 111 Å². The van der Waals surface area contributed by atoms with Crippen molar-refractivity contribution >= 4 is 5.97 Å². The zero-order valence-electron chi connectivity index (χ0n) is 10.6. The summed E-state index contributed by atoms with van der Waals surface area (Å²) < 4.78 is 1.75. The average molecular weight is 256 g/mol. The van der Waals surface area contributed by atoms with E-state index in [2.05, 4.69) is 11.1 Å². The molecule has 0 bridgehead atoms. The molecule has 1 aromatic carbocycles. The van der Waals surface area contributed by atoms with Crippen LogP contribution in [0, 0.1) is 0 Å². The summed E-state index contributed by atoms with van der Waals surface area (Å²) in [6, 6.07) is 8.13. The predicted molar refractivity (Wildman–Crippen MR) is 70.9 cm³/mol. The second kappa shape index (κ2) is 4.53. The molecule has 1 aliphatic rings. The van der Waals surface area contributed by atoms with Gasteiger partial charge < -0.3 is 9.67 Å². The number of carbonyl (C=O) groups is 1. The number of benzene rings is 1. The molecule has 1 heterocycles. The highest BCUT2D eigenvalue weighted by Gasteiger charge is 2.41. The Morgan fingerprint density at radius 2 is 2.11 bits per heavy atom. The van der Waals surface area contributed by atoms with E-state index in [0.29, 0.717) is 12.8 Å². The lowest BCUT2D eigenvalue weighted by Gasteiger charge is -2.29. The van der Waals surface area contributed by atoms with E-state index >= 15 is 0 Å². The highest BCUT2D eigenvalue weighted by Crippen LogP contribution is 2.33. The van der Waals surface area contributed by atoms with Gasteiger partial charge in [0.15, 0.2) is 0 Å². The van der Waals surface area contributed by atoms with Crippen molar-refractivity contribution in [3.05, 3.63) is 54.1 Å². The monoisotopic (exact) mass is 256 g/mol. The highest BCUT2D eigenvalue weighted by atomic mass is 16.4. The van der Waals surface area contributed by atoms with Crippen LogP contribution in [-0.2, 0) is 23.2 Å². The minimum absolute atomic E-state index is 0.523. The molecule has 0 radical (unpaired) electrons. The summed E-state index contributed by atoms with van der Waals surface area (Å²) in [4.78, 5) is 15.9. The van der Waals surface area contributed by atoms with Crippen LogP contribution in [0.3, 0.4) is 0 Å². The summed E-state index contributed by atoms with van der Waals surface area (Å²) >= 11 is 0. The first kappa shape index (κ1) is 12.0. The molecular formula is C15H16N2O2. The normalized spacial score (nSPS) is 22.5. The fourth-order valence-electron chi connectivity index (χ4n) is 2.97. The largest absolute Gasteiger partial charge is 0.479 e. The SMILES string of the molecule is O=C(O)C1(n2ccnc2)CCCc2ccccc2C1. The number of hydrogen-bond acceptors (Lipinski definition) is 2. The fourth-order valence-corrected chi connectivity index (χ4v) is 2.97. The van der Waals surface area contributed by atoms with Crippen LogP contribution in [0.4, 0.5) is 0 Å². The first-order valence-electron chi connectivity index (χ1n) is 6.51. The maximum atomic E-state index is 11.9. The minimum Gasteiger partial charge on any atom is -0.479 e. The summed E-state index contributed by atoms with van der Waals surface area (Å²) in [5.41, 5.74) is 1.50. The van der Waals surface area contributed by atoms with Gasteiger partial charge in [-0.1, -0.05) is 24.3 Å². The molecule has 0 spiro atoms. The van der Waals surface area contributed by atoms with Crippen molar-refractivity contribution in [2.75, 3.05) is 0 Å². The van der Waals surface area contributed by atoms with Crippen molar-refractivity contribution in [1.82, 2.24) is 9.55 Å². The molecule has 2 aromatic rings. The fraction of sp³-hybridized carbons (Fsp3) is 0.333. The second-order valence-electron chi connectivity index (χ2n) is 5.11. The van der Waals surface area contributed by atoms with Gasteiger partial charge in [-0.15, -0.1) is 0 Å². The van der Waals surface area contributed by atoms with Crippen molar-refractivity contribution in [2.24, 2.45) is 0 Å². The number of aromatic nitrogens is 2. The van der Waals surface area contributed by atoms with Crippen LogP contribution in [-0.4, -0.2) is 20.6 Å². The van der Waals surface area contributed by atoms with Crippen LogP contribution < -0.4 is 0 Å². The molecule has 0 amide bonds. The molecular weight excluding hydrogens is 240 g/mol. The number of imidazole rings is 1. The number of nitrogens with zero attached hydrogens (tertiary/aromatic N) is 2. The molecule has 4 heteroatoms. The number of hydrogen-bond donors (Lipinski definition) is 1. The highest BCUT2D eigenvalue weighted by molar-refractivity contribution is 5.77. The van der Waals surface area contributed by atoms with E-state index in [1.54, 1.807) is 23.3 Å². The molecule has 1 aliphatic carbocycles. The second-order valence-corrected chi connectivity index (χ2v) is 5.11. The Balaban J connectivity index is 2.10. The zero-order chi connectivity index (χ0) is 13.3. The standard InChI is InChI=1S/C15H16N2O2/c18-14(19)15(17-9-8-16-11-17)7-3-6-12-4-1-2-5-13(12)10-15/h1-2,4-5,8-9,11H,3,6-7,10H2,(H,18,19). The number of aliphatic carboxylic acids is 1. The van der Waals surface area contributed by atoms with Gasteiger partial charge in [-0.3, -0.25) is 0 Å². The summed E-state index contributed by atoms with van der Waals surface area (Å²) in [5.74, 6) is -0.776. The van der Waals surface area contributed by atoms with Crippen LogP contribution in [0.15, 0.2) is 43.0 Å². The molecule has 98 valence electrons. The third kappa shape index (κ3) is 1.93. The summed E-state index contributed by atoms with van der Waals surface area (Å²) in [6.45, 7) is 0. The van der Waals surface area contributed by atoms with E-state index in [9.17, 15) is 9.90 Å². The number of carboxylic acid groups (broad SMARTS) is 1. The molecule has 1 atom stereocenters. The first-order valence-corrected chi connectivity index (χ1v) is 6.51. The van der Waals surface area contributed by atoms with E-state index in [4.69, 9.17) is 0 Å². The van der Waals surface area contributed by atoms with Crippen LogP contribution >= 0.6 is 0 Å². The van der Waals surface area contributed by atoms with Gasteiger partial charge in [-0.05, 0) is 30.4 Å². The molecule has 1 aromatic heterocycles. The van der Waals surface area contributed by atoms with Gasteiger partial charge >= 0.3 is 5.97 Å². The van der Waals surface area contributed by atoms with E-state index in [-0.39, 0.29) is 0 Å². The Hall–Kier alpha value is -2.10. The maximum Gasteiger partial charge on any atom is 0.330 e. The zero-order valence-corrected chi connectivity index (χ0v) is 10.6. The first-order chi connectivity index (χ1) is 9.22. The maximum absolute atomic E-state index is 11.9. The molecule has 19 heavy (non-hydrogen) atoms. The Morgan fingerprint density at radius 1 is 1.32 bits per heavy atom. The Bertz CT molecular complexity index is 592. The van der Waals surface area contributed by atoms with Crippen molar-refractivity contribution in [2.45, 2.75) is 31.2 Å².